The number of morpholine rings is 1. The second-order valence-electron chi connectivity index (χ2n) is 5.80. The fraction of sp³-hybridized carbons (Fsp3) is 0.786. The summed E-state index contributed by atoms with van der Waals surface area (Å²) in [5.74, 6) is 0.456. The van der Waals surface area contributed by atoms with E-state index < -0.39 is 0 Å². The van der Waals surface area contributed by atoms with Crippen LogP contribution >= 0.6 is 11.3 Å². The molecule has 8 nitrogen and oxygen atoms in total. The number of anilines is 1. The first kappa shape index (κ1) is 16.6. The molecule has 0 bridgehead atoms. The molecule has 128 valence electrons. The van der Waals surface area contributed by atoms with Gasteiger partial charge in [0.1, 0.15) is 5.01 Å². The molecule has 0 aromatic carbocycles. The molecule has 0 radical (unpaired) electrons. The number of nitrogens with zero attached hydrogens (tertiary/aromatic N) is 3. The third-order valence-electron chi connectivity index (χ3n) is 4.24. The lowest BCUT2D eigenvalue weighted by Gasteiger charge is -2.37. The van der Waals surface area contributed by atoms with Gasteiger partial charge in [-0.2, -0.15) is 0 Å². The Kier molecular flexibility index (Phi) is 5.76. The van der Waals surface area contributed by atoms with Crippen LogP contribution in [0.25, 0.3) is 0 Å². The van der Waals surface area contributed by atoms with Gasteiger partial charge in [0.2, 0.25) is 5.13 Å². The van der Waals surface area contributed by atoms with Gasteiger partial charge < -0.3 is 14.8 Å². The summed E-state index contributed by atoms with van der Waals surface area (Å²) in [4.78, 5) is 14.5. The molecular weight excluding hydrogens is 318 g/mol. The van der Waals surface area contributed by atoms with Crippen LogP contribution in [0.1, 0.15) is 11.4 Å². The summed E-state index contributed by atoms with van der Waals surface area (Å²) in [6, 6.07) is 0.0432. The van der Waals surface area contributed by atoms with Gasteiger partial charge in [0, 0.05) is 38.2 Å². The maximum Gasteiger partial charge on any atom is 0.321 e. The summed E-state index contributed by atoms with van der Waals surface area (Å²) < 4.78 is 11.0. The molecule has 2 N–H and O–H groups in total. The van der Waals surface area contributed by atoms with Crippen molar-refractivity contribution in [3.63, 3.8) is 0 Å². The SMILES string of the molecule is Cc1nnc(NC(=O)NC[C@H]([C@@H]2CCOC2)N2CCOCC2)s1. The summed E-state index contributed by atoms with van der Waals surface area (Å²) in [7, 11) is 0. The van der Waals surface area contributed by atoms with E-state index in [1.807, 2.05) is 6.92 Å². The van der Waals surface area contributed by atoms with Gasteiger partial charge in [-0.15, -0.1) is 10.2 Å². The molecule has 2 saturated heterocycles. The van der Waals surface area contributed by atoms with E-state index in [1.54, 1.807) is 0 Å². The van der Waals surface area contributed by atoms with Crippen molar-refractivity contribution in [3.05, 3.63) is 5.01 Å². The van der Waals surface area contributed by atoms with Crippen molar-refractivity contribution in [1.82, 2.24) is 20.4 Å². The summed E-state index contributed by atoms with van der Waals surface area (Å²) in [5.41, 5.74) is 0. The van der Waals surface area contributed by atoms with E-state index in [4.69, 9.17) is 9.47 Å². The van der Waals surface area contributed by atoms with Crippen LogP contribution in [0.3, 0.4) is 0 Å². The number of nitrogens with one attached hydrogen (secondary N) is 2. The molecule has 2 amide bonds. The average Bonchev–Trinajstić information content (AvgIpc) is 3.21. The number of hydrogen-bond acceptors (Lipinski definition) is 7. The number of carbonyl (C=O) groups excluding carboxylic acids is 1. The molecule has 1 aromatic heterocycles. The molecule has 0 aliphatic carbocycles. The highest BCUT2D eigenvalue weighted by atomic mass is 32.1. The fourth-order valence-electron chi connectivity index (χ4n) is 3.04. The van der Waals surface area contributed by atoms with Crippen LogP contribution in [-0.2, 0) is 9.47 Å². The van der Waals surface area contributed by atoms with Crippen molar-refractivity contribution in [2.45, 2.75) is 19.4 Å². The highest BCUT2D eigenvalue weighted by Gasteiger charge is 2.31. The summed E-state index contributed by atoms with van der Waals surface area (Å²) >= 11 is 1.36. The molecule has 2 aliphatic rings. The van der Waals surface area contributed by atoms with Crippen molar-refractivity contribution in [1.29, 1.82) is 0 Å². The standard InChI is InChI=1S/C14H23N5O3S/c1-10-17-18-14(23-10)16-13(20)15-8-12(11-2-5-22-9-11)19-3-6-21-7-4-19/h11-12H,2-9H2,1H3,(H2,15,16,18,20)/t11-,12-/m1/s1. The highest BCUT2D eigenvalue weighted by molar-refractivity contribution is 7.15. The maximum atomic E-state index is 12.1. The van der Waals surface area contributed by atoms with Gasteiger partial charge in [-0.1, -0.05) is 11.3 Å². The Balaban J connectivity index is 1.53. The number of hydrogen-bond donors (Lipinski definition) is 2. The quantitative estimate of drug-likeness (QED) is 0.820. The second kappa shape index (κ2) is 8.00. The van der Waals surface area contributed by atoms with Crippen LogP contribution in [0.2, 0.25) is 0 Å². The smallest absolute Gasteiger partial charge is 0.321 e. The van der Waals surface area contributed by atoms with Crippen molar-refractivity contribution in [2.24, 2.45) is 5.92 Å². The number of rotatable bonds is 5. The first-order chi connectivity index (χ1) is 11.2. The molecule has 23 heavy (non-hydrogen) atoms. The van der Waals surface area contributed by atoms with Crippen LogP contribution < -0.4 is 10.6 Å². The first-order valence-corrected chi connectivity index (χ1v) is 8.78. The average molecular weight is 341 g/mol. The van der Waals surface area contributed by atoms with E-state index in [9.17, 15) is 4.79 Å². The summed E-state index contributed by atoms with van der Waals surface area (Å²) in [5, 5.41) is 14.8. The van der Waals surface area contributed by atoms with E-state index in [1.165, 1.54) is 11.3 Å². The minimum atomic E-state index is -0.238. The topological polar surface area (TPSA) is 88.6 Å². The molecule has 0 saturated carbocycles. The summed E-state index contributed by atoms with van der Waals surface area (Å²) in [6.45, 7) is 7.33. The molecule has 3 heterocycles. The Bertz CT molecular complexity index is 514. The molecule has 2 fully saturated rings. The van der Waals surface area contributed by atoms with E-state index in [-0.39, 0.29) is 12.1 Å². The zero-order valence-corrected chi connectivity index (χ0v) is 14.1. The molecule has 1 aromatic rings. The Morgan fingerprint density at radius 2 is 2.17 bits per heavy atom. The van der Waals surface area contributed by atoms with E-state index in [0.29, 0.717) is 17.6 Å². The van der Waals surface area contributed by atoms with Gasteiger partial charge in [-0.3, -0.25) is 10.2 Å². The van der Waals surface area contributed by atoms with E-state index in [0.717, 1.165) is 50.9 Å². The van der Waals surface area contributed by atoms with Crippen LogP contribution in [0.4, 0.5) is 9.93 Å². The number of urea groups is 1. The minimum Gasteiger partial charge on any atom is -0.381 e. The molecule has 0 spiro atoms. The molecule has 2 atom stereocenters. The van der Waals surface area contributed by atoms with Crippen LogP contribution in [-0.4, -0.2) is 73.2 Å². The normalized spacial score (nSPS) is 23.6. The highest BCUT2D eigenvalue weighted by Crippen LogP contribution is 2.22. The lowest BCUT2D eigenvalue weighted by molar-refractivity contribution is 0.00222. The van der Waals surface area contributed by atoms with Gasteiger partial charge in [-0.25, -0.2) is 4.79 Å². The number of amides is 2. The molecule has 0 unspecified atom stereocenters. The molecule has 3 rings (SSSR count). The number of carbonyl (C=O) groups is 1. The van der Waals surface area contributed by atoms with Crippen LogP contribution in [0, 0.1) is 12.8 Å². The second-order valence-corrected chi connectivity index (χ2v) is 6.98. The minimum absolute atomic E-state index is 0.238. The molecular formula is C14H23N5O3S. The molecule has 9 heteroatoms. The Labute approximate surface area is 139 Å². The van der Waals surface area contributed by atoms with Crippen LogP contribution in [0.5, 0.6) is 0 Å². The van der Waals surface area contributed by atoms with Crippen molar-refractivity contribution < 1.29 is 14.3 Å². The zero-order valence-electron chi connectivity index (χ0n) is 13.3. The zero-order chi connectivity index (χ0) is 16.1. The fourth-order valence-corrected chi connectivity index (χ4v) is 3.63. The largest absolute Gasteiger partial charge is 0.381 e. The first-order valence-electron chi connectivity index (χ1n) is 7.97. The molecule has 2 aliphatic heterocycles. The predicted octanol–water partition coefficient (Wildman–Crippen LogP) is 0.705. The van der Waals surface area contributed by atoms with Crippen molar-refractivity contribution in [3.8, 4) is 0 Å². The van der Waals surface area contributed by atoms with Crippen LogP contribution in [0.15, 0.2) is 0 Å². The van der Waals surface area contributed by atoms with Gasteiger partial charge in [-0.05, 0) is 13.3 Å². The monoisotopic (exact) mass is 341 g/mol. The van der Waals surface area contributed by atoms with E-state index >= 15 is 0 Å². The Morgan fingerprint density at radius 3 is 2.83 bits per heavy atom. The van der Waals surface area contributed by atoms with E-state index in [2.05, 4.69) is 25.7 Å². The Hall–Kier alpha value is -1.29. The number of ether oxygens (including phenoxy) is 2. The number of aromatic nitrogens is 2. The maximum absolute atomic E-state index is 12.1. The van der Waals surface area contributed by atoms with Crippen molar-refractivity contribution in [2.75, 3.05) is 51.4 Å². The third-order valence-corrected chi connectivity index (χ3v) is 5.00. The van der Waals surface area contributed by atoms with Crippen molar-refractivity contribution >= 4 is 22.5 Å². The predicted molar refractivity (Wildman–Crippen MR) is 86.8 cm³/mol. The lowest BCUT2D eigenvalue weighted by atomic mass is 9.97. The Morgan fingerprint density at radius 1 is 1.35 bits per heavy atom. The van der Waals surface area contributed by atoms with Gasteiger partial charge in [0.15, 0.2) is 0 Å². The van der Waals surface area contributed by atoms with Gasteiger partial charge in [0.25, 0.3) is 0 Å². The van der Waals surface area contributed by atoms with Gasteiger partial charge >= 0.3 is 6.03 Å². The third kappa shape index (κ3) is 4.60. The number of aryl methyl sites for hydroxylation is 1. The summed E-state index contributed by atoms with van der Waals surface area (Å²) in [6.07, 6.45) is 1.04. The van der Waals surface area contributed by atoms with Gasteiger partial charge in [0.05, 0.1) is 19.8 Å². The lowest BCUT2D eigenvalue weighted by Crippen LogP contribution is -2.52.